The van der Waals surface area contributed by atoms with Crippen molar-refractivity contribution in [3.63, 3.8) is 0 Å². The van der Waals surface area contributed by atoms with Gasteiger partial charge in [0.15, 0.2) is 17.3 Å². The predicted molar refractivity (Wildman–Crippen MR) is 96.7 cm³/mol. The highest BCUT2D eigenvalue weighted by molar-refractivity contribution is 5.73. The molecule has 5 unspecified atom stereocenters. The number of carbonyl (C=O) groups is 1. The fourth-order valence-electron chi connectivity index (χ4n) is 3.37. The van der Waals surface area contributed by atoms with Crippen molar-refractivity contribution in [1.29, 1.82) is 0 Å². The molecule has 3 N–H and O–H groups in total. The second-order valence-corrected chi connectivity index (χ2v) is 7.31. The number of aliphatic hydroxyl groups excluding tert-OH is 2. The van der Waals surface area contributed by atoms with E-state index >= 15 is 0 Å². The summed E-state index contributed by atoms with van der Waals surface area (Å²) in [7, 11) is 1.48. The quantitative estimate of drug-likeness (QED) is 0.650. The van der Waals surface area contributed by atoms with Crippen LogP contribution >= 0.6 is 0 Å². The minimum Gasteiger partial charge on any atom is -0.493 e. The van der Waals surface area contributed by atoms with Gasteiger partial charge in [0.05, 0.1) is 20.3 Å². The molecule has 0 spiro atoms. The highest BCUT2D eigenvalue weighted by atomic mass is 16.8. The number of ether oxygens (including phenoxy) is 5. The van der Waals surface area contributed by atoms with Crippen LogP contribution in [0, 0.1) is 0 Å². The maximum Gasteiger partial charge on any atom is 0.223 e. The van der Waals surface area contributed by atoms with Gasteiger partial charge in [0.25, 0.3) is 0 Å². The Balaban J connectivity index is 1.85. The van der Waals surface area contributed by atoms with Crippen molar-refractivity contribution < 1.29 is 38.7 Å². The Hall–Kier alpha value is -1.91. The van der Waals surface area contributed by atoms with E-state index in [1.807, 2.05) is 0 Å². The summed E-state index contributed by atoms with van der Waals surface area (Å²) in [6, 6.07) is 4.09. The number of benzene rings is 1. The third kappa shape index (κ3) is 4.39. The number of fused-ring (bicyclic) bond motifs is 1. The van der Waals surface area contributed by atoms with E-state index in [0.717, 1.165) is 0 Å². The van der Waals surface area contributed by atoms with E-state index in [0.29, 0.717) is 17.1 Å². The third-order valence-electron chi connectivity index (χ3n) is 4.71. The predicted octanol–water partition coefficient (Wildman–Crippen LogP) is 0.308. The van der Waals surface area contributed by atoms with Crippen molar-refractivity contribution in [1.82, 2.24) is 5.32 Å². The van der Waals surface area contributed by atoms with Gasteiger partial charge in [-0.1, -0.05) is 6.07 Å². The van der Waals surface area contributed by atoms with Crippen LogP contribution in [-0.2, 0) is 25.6 Å². The van der Waals surface area contributed by atoms with E-state index in [4.69, 9.17) is 23.7 Å². The number of methoxy groups -OCH3 is 1. The lowest BCUT2D eigenvalue weighted by molar-refractivity contribution is -0.361. The van der Waals surface area contributed by atoms with Crippen LogP contribution in [0.2, 0.25) is 0 Å². The molecule has 1 aromatic carbocycles. The van der Waals surface area contributed by atoms with Gasteiger partial charge in [0.2, 0.25) is 12.2 Å². The molecule has 156 valence electrons. The zero-order chi connectivity index (χ0) is 20.5. The van der Waals surface area contributed by atoms with Gasteiger partial charge in [-0.25, -0.2) is 0 Å². The third-order valence-corrected chi connectivity index (χ3v) is 4.71. The first kappa shape index (κ1) is 20.8. The summed E-state index contributed by atoms with van der Waals surface area (Å²) < 4.78 is 28.7. The fourth-order valence-corrected chi connectivity index (χ4v) is 3.37. The van der Waals surface area contributed by atoms with Crippen molar-refractivity contribution in [2.24, 2.45) is 0 Å². The van der Waals surface area contributed by atoms with Crippen LogP contribution in [0.25, 0.3) is 0 Å². The number of nitrogens with one attached hydrogen (secondary N) is 1. The second-order valence-electron chi connectivity index (χ2n) is 7.31. The molecule has 2 saturated heterocycles. The number of aliphatic hydroxyl groups is 2. The molecule has 9 nitrogen and oxygen atoms in total. The summed E-state index contributed by atoms with van der Waals surface area (Å²) in [4.78, 5) is 11.7. The normalized spacial score (nSPS) is 31.6. The largest absolute Gasteiger partial charge is 0.493 e. The van der Waals surface area contributed by atoms with E-state index in [1.54, 1.807) is 32.0 Å². The number of hydrogen-bond donors (Lipinski definition) is 3. The summed E-state index contributed by atoms with van der Waals surface area (Å²) in [5.74, 6) is -0.466. The first-order valence-electron chi connectivity index (χ1n) is 9.11. The standard InChI is InChI=1S/C19H27NO8/c1-10(22)20-15-16(23)17-14(9-25-19(2,3)28-17)27-18(15)26-12-6-5-11(8-21)7-13(12)24-4/h5-7,14-18,21,23H,8-9H2,1-4H3,(H,20,22). The molecule has 2 aliphatic heterocycles. The van der Waals surface area contributed by atoms with Crippen molar-refractivity contribution >= 4 is 5.91 Å². The fraction of sp³-hybridized carbons (Fsp3) is 0.632. The zero-order valence-corrected chi connectivity index (χ0v) is 16.4. The summed E-state index contributed by atoms with van der Waals surface area (Å²) in [6.07, 6.45) is -3.32. The Bertz CT molecular complexity index is 709. The first-order chi connectivity index (χ1) is 13.2. The van der Waals surface area contributed by atoms with E-state index in [-0.39, 0.29) is 19.1 Å². The van der Waals surface area contributed by atoms with E-state index < -0.39 is 36.4 Å². The van der Waals surface area contributed by atoms with E-state index in [2.05, 4.69) is 5.32 Å². The average Bonchev–Trinajstić information content (AvgIpc) is 2.65. The van der Waals surface area contributed by atoms with Crippen molar-refractivity contribution in [2.75, 3.05) is 13.7 Å². The average molecular weight is 397 g/mol. The van der Waals surface area contributed by atoms with Crippen LogP contribution < -0.4 is 14.8 Å². The Morgan fingerprint density at radius 1 is 1.36 bits per heavy atom. The summed E-state index contributed by atoms with van der Waals surface area (Å²) in [6.45, 7) is 4.92. The number of rotatable bonds is 5. The van der Waals surface area contributed by atoms with Crippen LogP contribution in [-0.4, -0.2) is 66.3 Å². The topological polar surface area (TPSA) is 116 Å². The molecule has 3 rings (SSSR count). The van der Waals surface area contributed by atoms with Gasteiger partial charge >= 0.3 is 0 Å². The maximum absolute atomic E-state index is 11.7. The molecule has 1 aromatic rings. The lowest BCUT2D eigenvalue weighted by Crippen LogP contribution is -2.69. The monoisotopic (exact) mass is 397 g/mol. The van der Waals surface area contributed by atoms with Crippen LogP contribution in [0.1, 0.15) is 26.3 Å². The minimum absolute atomic E-state index is 0.141. The van der Waals surface area contributed by atoms with Gasteiger partial charge in [0, 0.05) is 6.92 Å². The van der Waals surface area contributed by atoms with Gasteiger partial charge in [0.1, 0.15) is 24.4 Å². The van der Waals surface area contributed by atoms with Crippen molar-refractivity contribution in [2.45, 2.75) is 63.8 Å². The molecule has 0 bridgehead atoms. The van der Waals surface area contributed by atoms with Crippen LogP contribution in [0.4, 0.5) is 0 Å². The molecule has 0 aromatic heterocycles. The molecule has 9 heteroatoms. The van der Waals surface area contributed by atoms with Gasteiger partial charge in [-0.2, -0.15) is 0 Å². The van der Waals surface area contributed by atoms with Gasteiger partial charge < -0.3 is 39.2 Å². The van der Waals surface area contributed by atoms with Crippen molar-refractivity contribution in [3.8, 4) is 11.5 Å². The van der Waals surface area contributed by atoms with Crippen LogP contribution in [0.5, 0.6) is 11.5 Å². The molecular weight excluding hydrogens is 370 g/mol. The Morgan fingerprint density at radius 3 is 2.75 bits per heavy atom. The SMILES string of the molecule is COc1cc(CO)ccc1OC1OC2COC(C)(C)OC2C(O)C1NC(C)=O. The van der Waals surface area contributed by atoms with E-state index in [1.165, 1.54) is 14.0 Å². The molecule has 28 heavy (non-hydrogen) atoms. The summed E-state index contributed by atoms with van der Waals surface area (Å²) in [5.41, 5.74) is 0.656. The van der Waals surface area contributed by atoms with Crippen LogP contribution in [0.15, 0.2) is 18.2 Å². The van der Waals surface area contributed by atoms with Gasteiger partial charge in [-0.15, -0.1) is 0 Å². The summed E-state index contributed by atoms with van der Waals surface area (Å²) >= 11 is 0. The lowest BCUT2D eigenvalue weighted by Gasteiger charge is -2.49. The Kier molecular flexibility index (Phi) is 6.11. The molecule has 2 fully saturated rings. The van der Waals surface area contributed by atoms with E-state index in [9.17, 15) is 15.0 Å². The molecule has 2 aliphatic rings. The Labute approximate surface area is 163 Å². The molecule has 0 saturated carbocycles. The van der Waals surface area contributed by atoms with Gasteiger partial charge in [-0.3, -0.25) is 4.79 Å². The molecule has 0 aliphatic carbocycles. The highest BCUT2D eigenvalue weighted by Gasteiger charge is 2.52. The highest BCUT2D eigenvalue weighted by Crippen LogP contribution is 2.35. The van der Waals surface area contributed by atoms with Crippen molar-refractivity contribution in [3.05, 3.63) is 23.8 Å². The van der Waals surface area contributed by atoms with Gasteiger partial charge in [-0.05, 0) is 31.5 Å². The maximum atomic E-state index is 11.7. The summed E-state index contributed by atoms with van der Waals surface area (Å²) in [5, 5.41) is 22.9. The zero-order valence-electron chi connectivity index (χ0n) is 16.4. The smallest absolute Gasteiger partial charge is 0.223 e. The molecule has 2 heterocycles. The lowest BCUT2D eigenvalue weighted by atomic mass is 9.95. The number of hydrogen-bond acceptors (Lipinski definition) is 8. The minimum atomic E-state index is -1.07. The number of carbonyl (C=O) groups excluding carboxylic acids is 1. The Morgan fingerprint density at radius 2 is 2.11 bits per heavy atom. The molecule has 0 radical (unpaired) electrons. The van der Waals surface area contributed by atoms with Crippen LogP contribution in [0.3, 0.4) is 0 Å². The second kappa shape index (κ2) is 8.22. The molecule has 5 atom stereocenters. The molecule has 1 amide bonds. The molecular formula is C19H27NO8. The first-order valence-corrected chi connectivity index (χ1v) is 9.11. The number of amides is 1.